The molecule has 0 radical (unpaired) electrons. The van der Waals surface area contributed by atoms with Gasteiger partial charge in [0.2, 0.25) is 18.2 Å². The Balaban J connectivity index is 1.04. The van der Waals surface area contributed by atoms with E-state index in [0.29, 0.717) is 70.5 Å². The fourth-order valence-corrected chi connectivity index (χ4v) is 4.61. The molecule has 0 saturated heterocycles. The third-order valence-electron chi connectivity index (χ3n) is 7.02. The van der Waals surface area contributed by atoms with Gasteiger partial charge in [0.05, 0.1) is 51.9 Å². The average molecular weight is 612 g/mol. The summed E-state index contributed by atoms with van der Waals surface area (Å²) in [5, 5.41) is 2.79. The molecule has 1 aliphatic heterocycles. The highest BCUT2D eigenvalue weighted by atomic mass is 16.5. The molecule has 1 aliphatic rings. The molecule has 0 atom stereocenters. The minimum atomic E-state index is -0.216. The Bertz CT molecular complexity index is 1500. The van der Waals surface area contributed by atoms with Crippen molar-refractivity contribution in [3.63, 3.8) is 0 Å². The minimum absolute atomic E-state index is 0.0744. The maximum absolute atomic E-state index is 13.2. The molecule has 10 nitrogen and oxygen atoms in total. The van der Waals surface area contributed by atoms with Gasteiger partial charge in [-0.1, -0.05) is 42.2 Å². The van der Waals surface area contributed by atoms with Crippen molar-refractivity contribution < 1.29 is 33.4 Å². The Kier molecular flexibility index (Phi) is 13.3. The van der Waals surface area contributed by atoms with Gasteiger partial charge in [-0.05, 0) is 48.0 Å². The summed E-state index contributed by atoms with van der Waals surface area (Å²) in [7, 11) is 0. The number of aldehydes is 1. The van der Waals surface area contributed by atoms with Gasteiger partial charge in [-0.2, -0.15) is 0 Å². The summed E-state index contributed by atoms with van der Waals surface area (Å²) >= 11 is 0. The summed E-state index contributed by atoms with van der Waals surface area (Å²) < 4.78 is 16.5. The molecule has 1 N–H and O–H groups in total. The molecule has 0 fully saturated rings. The van der Waals surface area contributed by atoms with E-state index in [2.05, 4.69) is 17.2 Å². The van der Waals surface area contributed by atoms with Crippen LogP contribution in [0.2, 0.25) is 0 Å². The topological polar surface area (TPSA) is 114 Å². The molecule has 4 rings (SSSR count). The van der Waals surface area contributed by atoms with Gasteiger partial charge in [0.15, 0.2) is 0 Å². The van der Waals surface area contributed by atoms with Crippen LogP contribution in [0.4, 0.5) is 11.4 Å². The van der Waals surface area contributed by atoms with E-state index >= 15 is 0 Å². The number of ether oxygens (including phenoxy) is 3. The van der Waals surface area contributed by atoms with E-state index in [-0.39, 0.29) is 24.7 Å². The summed E-state index contributed by atoms with van der Waals surface area (Å²) in [4.78, 5) is 51.0. The minimum Gasteiger partial charge on any atom is -0.377 e. The van der Waals surface area contributed by atoms with Crippen LogP contribution in [-0.2, 0) is 35.1 Å². The molecule has 10 heteroatoms. The van der Waals surface area contributed by atoms with Crippen LogP contribution in [0, 0.1) is 11.8 Å². The van der Waals surface area contributed by atoms with Gasteiger partial charge in [0, 0.05) is 48.3 Å². The summed E-state index contributed by atoms with van der Waals surface area (Å²) in [6.07, 6.45) is 1.63. The highest BCUT2D eigenvalue weighted by Crippen LogP contribution is 2.26. The van der Waals surface area contributed by atoms with Crippen molar-refractivity contribution in [3.05, 3.63) is 95.1 Å². The molecule has 3 aromatic carbocycles. The van der Waals surface area contributed by atoms with Crippen LogP contribution in [0.25, 0.3) is 0 Å². The second kappa shape index (κ2) is 18.1. The highest BCUT2D eigenvalue weighted by Gasteiger charge is 2.21. The van der Waals surface area contributed by atoms with E-state index in [1.165, 1.54) is 4.90 Å². The summed E-state index contributed by atoms with van der Waals surface area (Å²) in [5.74, 6) is 6.02. The van der Waals surface area contributed by atoms with Crippen LogP contribution in [0.15, 0.2) is 72.8 Å². The third-order valence-corrected chi connectivity index (χ3v) is 7.02. The van der Waals surface area contributed by atoms with E-state index in [1.807, 2.05) is 48.5 Å². The van der Waals surface area contributed by atoms with Crippen molar-refractivity contribution >= 4 is 35.9 Å². The lowest BCUT2D eigenvalue weighted by Gasteiger charge is -2.26. The van der Waals surface area contributed by atoms with Crippen LogP contribution < -0.4 is 15.1 Å². The van der Waals surface area contributed by atoms with Crippen molar-refractivity contribution in [1.82, 2.24) is 5.32 Å². The molecule has 0 aliphatic carbocycles. The summed E-state index contributed by atoms with van der Waals surface area (Å²) in [6, 6.07) is 22.1. The molecule has 45 heavy (non-hydrogen) atoms. The number of amides is 3. The van der Waals surface area contributed by atoms with Gasteiger partial charge in [-0.15, -0.1) is 0 Å². The molecule has 234 valence electrons. The Hall–Kier alpha value is -4.82. The molecule has 3 aromatic rings. The number of nitrogens with one attached hydrogen (secondary N) is 1. The second-order valence-electron chi connectivity index (χ2n) is 10.1. The maximum Gasteiger partial charge on any atom is 0.227 e. The zero-order chi connectivity index (χ0) is 31.7. The number of carbonyl (C=O) groups excluding carboxylic acids is 4. The number of carbonyl (C=O) groups is 4. The first-order valence-electron chi connectivity index (χ1n) is 14.9. The maximum atomic E-state index is 13.2. The summed E-state index contributed by atoms with van der Waals surface area (Å²) in [6.45, 7) is 3.25. The standard InChI is InChI=1S/C35H37N3O7/c39-26-28-9-13-32(14-10-28)37(27-40)18-20-44-22-24-45-23-21-43-19-17-36-34(41)15-16-35(42)38-25-31-7-2-1-5-29(31)11-12-30-6-3-4-8-33(30)38/h1-10,13-14,26-27H,15-25H2,(H,36,41). The number of nitrogens with zero attached hydrogens (tertiary/aromatic N) is 2. The zero-order valence-electron chi connectivity index (χ0n) is 25.1. The van der Waals surface area contributed by atoms with Crippen molar-refractivity contribution in [2.45, 2.75) is 19.4 Å². The van der Waals surface area contributed by atoms with Gasteiger partial charge in [-0.3, -0.25) is 19.2 Å². The number of fused-ring (bicyclic) bond motifs is 2. The lowest BCUT2D eigenvalue weighted by atomic mass is 10.0. The van der Waals surface area contributed by atoms with Gasteiger partial charge in [-0.25, -0.2) is 0 Å². The molecule has 0 saturated carbocycles. The van der Waals surface area contributed by atoms with Gasteiger partial charge in [0.25, 0.3) is 0 Å². The van der Waals surface area contributed by atoms with Gasteiger partial charge < -0.3 is 29.3 Å². The Morgan fingerprint density at radius 2 is 1.42 bits per heavy atom. The van der Waals surface area contributed by atoms with Crippen molar-refractivity contribution in [2.75, 3.05) is 62.5 Å². The molecular weight excluding hydrogens is 574 g/mol. The van der Waals surface area contributed by atoms with E-state index in [4.69, 9.17) is 14.2 Å². The fourth-order valence-electron chi connectivity index (χ4n) is 4.61. The van der Waals surface area contributed by atoms with E-state index in [1.54, 1.807) is 29.2 Å². The number of para-hydroxylation sites is 1. The number of hydrogen-bond acceptors (Lipinski definition) is 7. The van der Waals surface area contributed by atoms with Crippen molar-refractivity contribution in [2.24, 2.45) is 0 Å². The summed E-state index contributed by atoms with van der Waals surface area (Å²) in [5.41, 5.74) is 4.61. The lowest BCUT2D eigenvalue weighted by molar-refractivity contribution is -0.125. The second-order valence-corrected chi connectivity index (χ2v) is 10.1. The highest BCUT2D eigenvalue weighted by molar-refractivity contribution is 5.97. The fraction of sp³-hybridized carbons (Fsp3) is 0.314. The average Bonchev–Trinajstić information content (AvgIpc) is 3.07. The van der Waals surface area contributed by atoms with E-state index in [0.717, 1.165) is 35.1 Å². The zero-order valence-corrected chi connectivity index (χ0v) is 25.1. The monoisotopic (exact) mass is 611 g/mol. The van der Waals surface area contributed by atoms with Gasteiger partial charge in [0.1, 0.15) is 6.29 Å². The Labute approximate surface area is 263 Å². The van der Waals surface area contributed by atoms with Crippen molar-refractivity contribution in [3.8, 4) is 11.8 Å². The number of hydrogen-bond donors (Lipinski definition) is 1. The molecule has 1 heterocycles. The molecule has 0 unspecified atom stereocenters. The van der Waals surface area contributed by atoms with Crippen LogP contribution >= 0.6 is 0 Å². The molecule has 0 bridgehead atoms. The third kappa shape index (κ3) is 10.4. The SMILES string of the molecule is O=Cc1ccc(N(C=O)CCOCCOCCOCCNC(=O)CCC(=O)N2Cc3ccccc3C#Cc3ccccc32)cc1. The normalized spacial score (nSPS) is 11.6. The molecular formula is C35H37N3O7. The quantitative estimate of drug-likeness (QED) is 0.133. The Morgan fingerprint density at radius 1 is 0.778 bits per heavy atom. The Morgan fingerprint density at radius 3 is 2.16 bits per heavy atom. The largest absolute Gasteiger partial charge is 0.377 e. The van der Waals surface area contributed by atoms with E-state index in [9.17, 15) is 19.2 Å². The lowest BCUT2D eigenvalue weighted by Crippen LogP contribution is -2.34. The number of benzene rings is 3. The first kappa shape index (κ1) is 33.1. The van der Waals surface area contributed by atoms with Gasteiger partial charge >= 0.3 is 0 Å². The molecule has 0 aromatic heterocycles. The number of anilines is 2. The first-order chi connectivity index (χ1) is 22.1. The first-order valence-corrected chi connectivity index (χ1v) is 14.9. The molecule has 3 amide bonds. The smallest absolute Gasteiger partial charge is 0.227 e. The van der Waals surface area contributed by atoms with Crippen molar-refractivity contribution in [1.29, 1.82) is 0 Å². The predicted octanol–water partition coefficient (Wildman–Crippen LogP) is 3.35. The van der Waals surface area contributed by atoms with E-state index < -0.39 is 0 Å². The molecule has 0 spiro atoms. The van der Waals surface area contributed by atoms with Crippen LogP contribution in [-0.4, -0.2) is 77.2 Å². The predicted molar refractivity (Wildman–Crippen MR) is 170 cm³/mol. The van der Waals surface area contributed by atoms with Crippen LogP contribution in [0.1, 0.15) is 39.9 Å². The number of rotatable bonds is 18. The van der Waals surface area contributed by atoms with Crippen LogP contribution in [0.5, 0.6) is 0 Å². The van der Waals surface area contributed by atoms with Crippen LogP contribution in [0.3, 0.4) is 0 Å².